The van der Waals surface area contributed by atoms with Gasteiger partial charge in [0, 0.05) is 23.1 Å². The van der Waals surface area contributed by atoms with E-state index in [0.717, 1.165) is 33.3 Å². The number of benzene rings is 2. The molecule has 30 heavy (non-hydrogen) atoms. The standard InChI is InChI=1S/C22H18N2O.ClHO4/c1-15-5-8-17(9-6-15)22-13-20(24-18-4-3-11-23-14-18)19-12-16(2)7-10-21(19)25-22;2-1(3,4)5/h3-14H,1-2H3;(H,2,3,4,5). The summed E-state index contributed by atoms with van der Waals surface area (Å²) in [5, 5.41) is 1.92. The SMILES string of the molecule is Cc1ccc(-c2cc(=Nc3ccc[nH+]c3)c3cc(C)ccc3o2)cc1.[O-][Cl+3]([O-])([O-])[O-]. The lowest BCUT2D eigenvalue weighted by Crippen LogP contribution is -2.68. The number of aromatic amines is 1. The van der Waals surface area contributed by atoms with Gasteiger partial charge in [-0.05, 0) is 32.0 Å². The maximum Gasteiger partial charge on any atom is 0.192 e. The van der Waals surface area contributed by atoms with Crippen LogP contribution in [0.1, 0.15) is 11.1 Å². The Bertz CT molecular complexity index is 1190. The third-order valence-corrected chi connectivity index (χ3v) is 4.18. The maximum absolute atomic E-state index is 8.49. The fraction of sp³-hybridized carbons (Fsp3) is 0.0909. The van der Waals surface area contributed by atoms with Gasteiger partial charge in [-0.1, -0.05) is 41.5 Å². The molecule has 154 valence electrons. The molecule has 0 atom stereocenters. The highest BCUT2D eigenvalue weighted by Crippen LogP contribution is 2.23. The molecule has 0 fully saturated rings. The maximum atomic E-state index is 8.49. The van der Waals surface area contributed by atoms with Gasteiger partial charge in [-0.15, -0.1) is 10.2 Å². The first-order valence-electron chi connectivity index (χ1n) is 8.93. The fourth-order valence-electron chi connectivity index (χ4n) is 2.83. The second-order valence-corrected chi connectivity index (χ2v) is 7.37. The summed E-state index contributed by atoms with van der Waals surface area (Å²) in [5.41, 5.74) is 5.17. The number of halogens is 1. The summed E-state index contributed by atoms with van der Waals surface area (Å²) in [7, 11) is -4.94. The summed E-state index contributed by atoms with van der Waals surface area (Å²) in [4.78, 5) is 7.90. The number of pyridine rings is 1. The Kier molecular flexibility index (Phi) is 6.61. The van der Waals surface area contributed by atoms with Gasteiger partial charge < -0.3 is 4.42 Å². The molecule has 4 rings (SSSR count). The second-order valence-electron chi connectivity index (χ2n) is 6.61. The minimum absolute atomic E-state index is 0.815. The van der Waals surface area contributed by atoms with Crippen molar-refractivity contribution in [2.45, 2.75) is 13.8 Å². The zero-order valence-electron chi connectivity index (χ0n) is 16.3. The number of aryl methyl sites for hydroxylation is 2. The van der Waals surface area contributed by atoms with Gasteiger partial charge in [0.1, 0.15) is 17.0 Å². The van der Waals surface area contributed by atoms with Gasteiger partial charge in [-0.3, -0.25) is 0 Å². The van der Waals surface area contributed by atoms with Gasteiger partial charge in [-0.25, -0.2) is 28.6 Å². The monoisotopic (exact) mass is 426 g/mol. The largest absolute Gasteiger partial charge is 0.456 e. The lowest BCUT2D eigenvalue weighted by molar-refractivity contribution is -2.00. The van der Waals surface area contributed by atoms with Crippen LogP contribution in [0.3, 0.4) is 0 Å². The molecule has 0 amide bonds. The number of fused-ring (bicyclic) bond motifs is 1. The smallest absolute Gasteiger partial charge is 0.192 e. The van der Waals surface area contributed by atoms with Crippen molar-refractivity contribution in [1.29, 1.82) is 0 Å². The predicted molar refractivity (Wildman–Crippen MR) is 99.3 cm³/mol. The quantitative estimate of drug-likeness (QED) is 0.445. The summed E-state index contributed by atoms with van der Waals surface area (Å²) in [6.07, 6.45) is 3.76. The van der Waals surface area contributed by atoms with E-state index in [4.69, 9.17) is 28.0 Å². The van der Waals surface area contributed by atoms with Crippen molar-refractivity contribution in [3.63, 3.8) is 0 Å². The van der Waals surface area contributed by atoms with Crippen LogP contribution in [0.4, 0.5) is 5.69 Å². The van der Waals surface area contributed by atoms with Crippen LogP contribution in [0.15, 0.2) is 82.5 Å². The van der Waals surface area contributed by atoms with Crippen LogP contribution >= 0.6 is 0 Å². The van der Waals surface area contributed by atoms with Crippen LogP contribution < -0.4 is 29.0 Å². The van der Waals surface area contributed by atoms with Crippen LogP contribution in [0.5, 0.6) is 0 Å². The summed E-state index contributed by atoms with van der Waals surface area (Å²) >= 11 is 0. The van der Waals surface area contributed by atoms with E-state index in [1.807, 2.05) is 36.7 Å². The molecule has 2 aromatic heterocycles. The van der Waals surface area contributed by atoms with E-state index in [-0.39, 0.29) is 0 Å². The molecule has 0 spiro atoms. The molecule has 0 aliphatic carbocycles. The van der Waals surface area contributed by atoms with Crippen molar-refractivity contribution in [2.75, 3.05) is 0 Å². The molecule has 0 saturated carbocycles. The third-order valence-electron chi connectivity index (χ3n) is 4.18. The Labute approximate surface area is 175 Å². The lowest BCUT2D eigenvalue weighted by atomic mass is 10.1. The van der Waals surface area contributed by atoms with E-state index in [0.29, 0.717) is 0 Å². The highest BCUT2D eigenvalue weighted by atomic mass is 35.7. The number of hydrogen-bond acceptors (Lipinski definition) is 6. The first kappa shape index (κ1) is 21.6. The molecule has 0 unspecified atom stereocenters. The molecule has 8 heteroatoms. The van der Waals surface area contributed by atoms with Gasteiger partial charge in [0.05, 0.1) is 5.36 Å². The molecule has 2 aromatic carbocycles. The average Bonchev–Trinajstić information content (AvgIpc) is 2.68. The first-order chi connectivity index (χ1) is 14.2. The number of nitrogens with one attached hydrogen (secondary N) is 1. The van der Waals surface area contributed by atoms with E-state index in [2.05, 4.69) is 55.2 Å². The van der Waals surface area contributed by atoms with Gasteiger partial charge in [0.15, 0.2) is 12.4 Å². The van der Waals surface area contributed by atoms with Crippen LogP contribution in [0.2, 0.25) is 0 Å². The Balaban J connectivity index is 0.000000461. The van der Waals surface area contributed by atoms with Crippen molar-refractivity contribution < 1.29 is 38.3 Å². The molecule has 4 aromatic rings. The molecular weight excluding hydrogens is 408 g/mol. The van der Waals surface area contributed by atoms with Crippen molar-refractivity contribution in [2.24, 2.45) is 4.99 Å². The molecular formula is C22H19ClN2O5. The van der Waals surface area contributed by atoms with Gasteiger partial charge in [0.25, 0.3) is 0 Å². The van der Waals surface area contributed by atoms with Crippen molar-refractivity contribution in [3.8, 4) is 11.3 Å². The van der Waals surface area contributed by atoms with Crippen molar-refractivity contribution in [1.82, 2.24) is 0 Å². The van der Waals surface area contributed by atoms with Gasteiger partial charge in [-0.2, -0.15) is 0 Å². The predicted octanol–water partition coefficient (Wildman–Crippen LogP) is 0.00714. The molecule has 0 bridgehead atoms. The normalized spacial score (nSPS) is 11.9. The minimum Gasteiger partial charge on any atom is -0.456 e. The number of hydrogen-bond donors (Lipinski definition) is 0. The lowest BCUT2D eigenvalue weighted by Gasteiger charge is -2.17. The molecule has 1 N–H and O–H groups in total. The number of aromatic nitrogens is 1. The molecule has 0 aliphatic heterocycles. The topological polar surface area (TPSA) is 132 Å². The van der Waals surface area contributed by atoms with E-state index < -0.39 is 10.2 Å². The van der Waals surface area contributed by atoms with Crippen LogP contribution in [0.25, 0.3) is 22.3 Å². The summed E-state index contributed by atoms with van der Waals surface area (Å²) in [6, 6.07) is 20.5. The Morgan fingerprint density at radius 1 is 0.867 bits per heavy atom. The highest BCUT2D eigenvalue weighted by molar-refractivity contribution is 5.79. The molecule has 7 nitrogen and oxygen atoms in total. The van der Waals surface area contributed by atoms with Gasteiger partial charge in [0.2, 0.25) is 0 Å². The number of H-pyrrole nitrogens is 1. The van der Waals surface area contributed by atoms with Crippen molar-refractivity contribution in [3.05, 3.63) is 89.5 Å². The average molecular weight is 427 g/mol. The summed E-state index contributed by atoms with van der Waals surface area (Å²) in [6.45, 7) is 4.16. The molecule has 0 saturated heterocycles. The Hall–Kier alpha value is -3.07. The molecule has 2 heterocycles. The van der Waals surface area contributed by atoms with Crippen LogP contribution in [-0.4, -0.2) is 0 Å². The van der Waals surface area contributed by atoms with E-state index in [1.165, 1.54) is 11.1 Å². The summed E-state index contributed by atoms with van der Waals surface area (Å²) in [5.74, 6) is 0.815. The molecule has 0 aliphatic rings. The third kappa shape index (κ3) is 6.21. The van der Waals surface area contributed by atoms with E-state index >= 15 is 0 Å². The minimum atomic E-state index is -4.94. The number of rotatable bonds is 2. The van der Waals surface area contributed by atoms with Crippen LogP contribution in [-0.2, 0) is 0 Å². The Morgan fingerprint density at radius 2 is 1.53 bits per heavy atom. The van der Waals surface area contributed by atoms with Crippen molar-refractivity contribution >= 4 is 16.7 Å². The number of nitrogens with zero attached hydrogens (tertiary/aromatic N) is 1. The molecule has 0 radical (unpaired) electrons. The summed E-state index contributed by atoms with van der Waals surface area (Å²) < 4.78 is 40.1. The van der Waals surface area contributed by atoms with E-state index in [1.54, 1.807) is 0 Å². The zero-order valence-corrected chi connectivity index (χ0v) is 17.1. The Morgan fingerprint density at radius 3 is 2.17 bits per heavy atom. The van der Waals surface area contributed by atoms with E-state index in [9.17, 15) is 0 Å². The second kappa shape index (κ2) is 9.17. The van der Waals surface area contributed by atoms with Gasteiger partial charge >= 0.3 is 0 Å². The highest BCUT2D eigenvalue weighted by Gasteiger charge is 2.07. The van der Waals surface area contributed by atoms with Crippen LogP contribution in [0, 0.1) is 24.1 Å². The zero-order chi connectivity index (χ0) is 21.7. The first-order valence-corrected chi connectivity index (χ1v) is 10.2. The fourth-order valence-corrected chi connectivity index (χ4v) is 2.83.